The van der Waals surface area contributed by atoms with Crippen molar-refractivity contribution in [1.29, 1.82) is 0 Å². The van der Waals surface area contributed by atoms with Gasteiger partial charge >= 0.3 is 5.97 Å². The number of nitrogens with two attached hydrogens (primary N) is 1. The number of nitrogens with one attached hydrogen (secondary N) is 1. The number of nitrogens with zero attached hydrogens (tertiary/aromatic N) is 2. The summed E-state index contributed by atoms with van der Waals surface area (Å²) in [7, 11) is 0. The Labute approximate surface area is 197 Å². The summed E-state index contributed by atoms with van der Waals surface area (Å²) in [5, 5.41) is 9.22. The second-order valence-corrected chi connectivity index (χ2v) is 9.19. The summed E-state index contributed by atoms with van der Waals surface area (Å²) in [6, 6.07) is 3.66. The van der Waals surface area contributed by atoms with Crippen LogP contribution in [0.25, 0.3) is 33.2 Å². The van der Waals surface area contributed by atoms with E-state index in [1.165, 1.54) is 31.9 Å². The summed E-state index contributed by atoms with van der Waals surface area (Å²) >= 11 is 0. The van der Waals surface area contributed by atoms with Gasteiger partial charge in [0.15, 0.2) is 17.5 Å². The number of carbonyl (C=O) groups is 1. The summed E-state index contributed by atoms with van der Waals surface area (Å²) in [6.45, 7) is 0. The molecule has 2 aromatic carbocycles. The maximum atomic E-state index is 13.8. The smallest absolute Gasteiger partial charge is 0.306 e. The van der Waals surface area contributed by atoms with Crippen molar-refractivity contribution in [1.82, 2.24) is 15.0 Å². The Morgan fingerprint density at radius 2 is 1.66 bits per heavy atom. The van der Waals surface area contributed by atoms with E-state index in [0.717, 1.165) is 36.6 Å². The predicted molar refractivity (Wildman–Crippen MR) is 122 cm³/mol. The lowest BCUT2D eigenvalue weighted by Crippen LogP contribution is -2.35. The molecule has 7 rings (SSSR count). The van der Waals surface area contributed by atoms with E-state index in [4.69, 9.17) is 10.8 Å². The summed E-state index contributed by atoms with van der Waals surface area (Å²) in [5.41, 5.74) is 6.25. The van der Waals surface area contributed by atoms with Crippen LogP contribution >= 0.6 is 0 Å². The minimum absolute atomic E-state index is 0.00231. The monoisotopic (exact) mass is 486 g/mol. The molecule has 182 valence electrons. The Bertz CT molecular complexity index is 1450. The van der Waals surface area contributed by atoms with Crippen LogP contribution < -0.4 is 5.73 Å². The van der Waals surface area contributed by atoms with Gasteiger partial charge in [-0.2, -0.15) is 0 Å². The first-order valence-electron chi connectivity index (χ1n) is 11.3. The highest BCUT2D eigenvalue weighted by atomic mass is 19.2. The molecule has 1 unspecified atom stereocenters. The Morgan fingerprint density at radius 1 is 0.943 bits per heavy atom. The maximum absolute atomic E-state index is 13.8. The molecule has 0 radical (unpaired) electrons. The molecule has 2 heterocycles. The fourth-order valence-electron chi connectivity index (χ4n) is 5.29. The van der Waals surface area contributed by atoms with Gasteiger partial charge in [-0.15, -0.1) is 0 Å². The highest BCUT2D eigenvalue weighted by molar-refractivity contribution is 5.96. The van der Waals surface area contributed by atoms with Crippen LogP contribution in [-0.2, 0) is 4.79 Å². The van der Waals surface area contributed by atoms with Gasteiger partial charge in [-0.25, -0.2) is 27.5 Å². The zero-order valence-electron chi connectivity index (χ0n) is 18.5. The highest BCUT2D eigenvalue weighted by Gasteiger charge is 2.39. The van der Waals surface area contributed by atoms with Crippen LogP contribution in [0.3, 0.4) is 0 Å². The molecule has 3 fully saturated rings. The van der Waals surface area contributed by atoms with Gasteiger partial charge in [0.2, 0.25) is 0 Å². The van der Waals surface area contributed by atoms with E-state index in [9.17, 15) is 22.4 Å². The Balaban J connectivity index is 0.000000192. The van der Waals surface area contributed by atoms with Crippen molar-refractivity contribution in [2.24, 2.45) is 17.8 Å². The summed E-state index contributed by atoms with van der Waals surface area (Å²) in [6.07, 6.45) is 7.26. The first-order chi connectivity index (χ1) is 16.7. The molecule has 10 heteroatoms. The Kier molecular flexibility index (Phi) is 5.82. The molecule has 1 atom stereocenters. The number of H-pyrrole nitrogens is 1. The number of carboxylic acid groups (broad SMARTS) is 1. The fourth-order valence-corrected chi connectivity index (χ4v) is 5.29. The van der Waals surface area contributed by atoms with Crippen molar-refractivity contribution in [2.45, 2.75) is 32.1 Å². The lowest BCUT2D eigenvalue weighted by Gasteiger charge is -2.40. The van der Waals surface area contributed by atoms with Crippen LogP contribution in [0, 0.1) is 41.0 Å². The molecule has 3 aliphatic carbocycles. The molecule has 0 saturated heterocycles. The Morgan fingerprint density at radius 3 is 2.29 bits per heavy atom. The number of halogens is 4. The zero-order valence-corrected chi connectivity index (χ0v) is 18.5. The largest absolute Gasteiger partial charge is 0.481 e. The van der Waals surface area contributed by atoms with Crippen LogP contribution in [0.4, 0.5) is 23.4 Å². The molecule has 2 aromatic heterocycles. The lowest BCUT2D eigenvalue weighted by molar-refractivity contribution is -0.147. The molecule has 0 spiro atoms. The van der Waals surface area contributed by atoms with E-state index >= 15 is 0 Å². The van der Waals surface area contributed by atoms with Crippen LogP contribution in [0.5, 0.6) is 0 Å². The first-order valence-corrected chi connectivity index (χ1v) is 11.3. The van der Waals surface area contributed by atoms with Gasteiger partial charge in [0, 0.05) is 34.7 Å². The van der Waals surface area contributed by atoms with E-state index in [2.05, 4.69) is 15.0 Å². The standard InChI is InChI=1S/C16H8F4N4.C9H14O2/c17-6-1-7-9(5-22-14(7)12(20)2-6)16-23-13-4-11(19)10(18)3-8(13)15(21)24-16;10-9(11)8-5-6-1-3-7(8)4-2-6/h1-5,22H,(H2,21,23,24);6-8H,1-5H2,(H,10,11). The number of anilines is 1. The summed E-state index contributed by atoms with van der Waals surface area (Å²) < 4.78 is 54.0. The predicted octanol–water partition coefficient (Wildman–Crippen LogP) is 5.81. The lowest BCUT2D eigenvalue weighted by atomic mass is 9.65. The Hall–Kier alpha value is -3.69. The second kappa shape index (κ2) is 8.83. The molecule has 3 saturated carbocycles. The number of rotatable bonds is 2. The average Bonchev–Trinajstić information content (AvgIpc) is 3.25. The van der Waals surface area contributed by atoms with Gasteiger partial charge in [-0.3, -0.25) is 4.79 Å². The second-order valence-electron chi connectivity index (χ2n) is 9.19. The number of hydrogen-bond donors (Lipinski definition) is 3. The minimum Gasteiger partial charge on any atom is -0.481 e. The summed E-state index contributed by atoms with van der Waals surface area (Å²) in [4.78, 5) is 21.6. The third-order valence-electron chi connectivity index (χ3n) is 7.08. The van der Waals surface area contributed by atoms with Crippen LogP contribution in [0.1, 0.15) is 32.1 Å². The number of benzene rings is 2. The highest BCUT2D eigenvalue weighted by Crippen LogP contribution is 2.44. The molecular formula is C25H22F4N4O2. The molecule has 2 bridgehead atoms. The van der Waals surface area contributed by atoms with Crippen molar-refractivity contribution >= 4 is 33.6 Å². The molecule has 35 heavy (non-hydrogen) atoms. The number of fused-ring (bicyclic) bond motifs is 5. The van der Waals surface area contributed by atoms with E-state index < -0.39 is 29.2 Å². The van der Waals surface area contributed by atoms with E-state index in [0.29, 0.717) is 11.5 Å². The number of aliphatic carboxylic acids is 1. The fraction of sp³-hybridized carbons (Fsp3) is 0.320. The van der Waals surface area contributed by atoms with E-state index in [-0.39, 0.29) is 39.4 Å². The molecule has 3 aliphatic rings. The molecule has 6 nitrogen and oxygen atoms in total. The SMILES string of the molecule is Nc1nc(-c2c[nH]c3c(F)cc(F)cc23)nc2cc(F)c(F)cc12.O=C(O)C1CC2CCC1CC2. The number of carboxylic acids is 1. The van der Waals surface area contributed by atoms with Crippen molar-refractivity contribution in [3.8, 4) is 11.4 Å². The average molecular weight is 486 g/mol. The molecular weight excluding hydrogens is 464 g/mol. The van der Waals surface area contributed by atoms with Gasteiger partial charge in [0.05, 0.1) is 17.0 Å². The van der Waals surface area contributed by atoms with Gasteiger partial charge in [0.1, 0.15) is 17.5 Å². The van der Waals surface area contributed by atoms with Crippen molar-refractivity contribution in [3.05, 3.63) is 53.7 Å². The third-order valence-corrected chi connectivity index (χ3v) is 7.08. The quantitative estimate of drug-likeness (QED) is 0.310. The van der Waals surface area contributed by atoms with E-state index in [1.54, 1.807) is 0 Å². The number of aromatic nitrogens is 3. The third kappa shape index (κ3) is 4.28. The van der Waals surface area contributed by atoms with Crippen molar-refractivity contribution < 1.29 is 27.5 Å². The van der Waals surface area contributed by atoms with Gasteiger partial charge < -0.3 is 15.8 Å². The topological polar surface area (TPSA) is 105 Å². The molecule has 4 aromatic rings. The van der Waals surface area contributed by atoms with Crippen molar-refractivity contribution in [3.63, 3.8) is 0 Å². The number of aromatic amines is 1. The zero-order chi connectivity index (χ0) is 24.9. The maximum Gasteiger partial charge on any atom is 0.306 e. The van der Waals surface area contributed by atoms with E-state index in [1.807, 2.05) is 0 Å². The van der Waals surface area contributed by atoms with Crippen LogP contribution in [0.15, 0.2) is 30.5 Å². The molecule has 4 N–H and O–H groups in total. The van der Waals surface area contributed by atoms with Gasteiger partial charge in [0.25, 0.3) is 0 Å². The van der Waals surface area contributed by atoms with Gasteiger partial charge in [-0.05, 0) is 43.2 Å². The molecule has 0 aliphatic heterocycles. The minimum atomic E-state index is -1.08. The number of nitrogen functional groups attached to an aromatic ring is 1. The van der Waals surface area contributed by atoms with Crippen molar-refractivity contribution in [2.75, 3.05) is 5.73 Å². The first kappa shape index (κ1) is 23.1. The van der Waals surface area contributed by atoms with Gasteiger partial charge in [-0.1, -0.05) is 12.8 Å². The van der Waals surface area contributed by atoms with Crippen LogP contribution in [0.2, 0.25) is 0 Å². The summed E-state index contributed by atoms with van der Waals surface area (Å²) in [5.74, 6) is -3.01. The normalized spacial score (nSPS) is 21.2. The molecule has 0 amide bonds. The number of hydrogen-bond acceptors (Lipinski definition) is 4. The van der Waals surface area contributed by atoms with Crippen LogP contribution in [-0.4, -0.2) is 26.0 Å².